The van der Waals surface area contributed by atoms with Crippen molar-refractivity contribution in [1.29, 1.82) is 0 Å². The maximum Gasteiger partial charge on any atom is 0.252 e. The summed E-state index contributed by atoms with van der Waals surface area (Å²) < 4.78 is 21.4. The number of amides is 1. The number of piperidine rings is 1. The Hall–Kier alpha value is -2.45. The first-order valence-corrected chi connectivity index (χ1v) is 8.93. The normalized spacial score (nSPS) is 20.4. The van der Waals surface area contributed by atoms with Crippen molar-refractivity contribution in [1.82, 2.24) is 15.1 Å². The van der Waals surface area contributed by atoms with Gasteiger partial charge >= 0.3 is 0 Å². The molecule has 0 saturated carbocycles. The number of carbonyl (C=O) groups is 1. The average molecular weight is 376 g/mol. The first kappa shape index (κ1) is 19.3. The molecule has 0 spiro atoms. The molecule has 1 amide bonds. The molecular formula is C19H25FN4O3. The highest BCUT2D eigenvalue weighted by Crippen LogP contribution is 2.29. The second-order valence-electron chi connectivity index (χ2n) is 7.48. The summed E-state index contributed by atoms with van der Waals surface area (Å²) in [6.07, 6.45) is 2.20. The van der Waals surface area contributed by atoms with Crippen LogP contribution in [0.4, 0.5) is 4.39 Å². The van der Waals surface area contributed by atoms with Crippen molar-refractivity contribution in [2.45, 2.75) is 44.7 Å². The SMILES string of the molecule is CC(C)(O)Cn1cc(-c2ccc(O[C@@H]3CCNC[C@@H]3F)c(C(N)=O)c2)cn1. The lowest BCUT2D eigenvalue weighted by Crippen LogP contribution is -2.44. The maximum absolute atomic E-state index is 14.0. The van der Waals surface area contributed by atoms with Crippen LogP contribution in [0.15, 0.2) is 30.6 Å². The molecule has 0 aliphatic carbocycles. The van der Waals surface area contributed by atoms with Gasteiger partial charge in [-0.1, -0.05) is 6.07 Å². The molecule has 146 valence electrons. The number of nitrogens with zero attached hydrogens (tertiary/aromatic N) is 2. The van der Waals surface area contributed by atoms with Gasteiger partial charge < -0.3 is 20.9 Å². The zero-order valence-electron chi connectivity index (χ0n) is 15.5. The highest BCUT2D eigenvalue weighted by molar-refractivity contribution is 5.97. The minimum atomic E-state index is -1.14. The summed E-state index contributed by atoms with van der Waals surface area (Å²) in [6.45, 7) is 4.63. The second kappa shape index (κ2) is 7.66. The molecule has 1 aliphatic heterocycles. The fourth-order valence-corrected chi connectivity index (χ4v) is 3.09. The van der Waals surface area contributed by atoms with Crippen LogP contribution in [0.2, 0.25) is 0 Å². The fraction of sp³-hybridized carbons (Fsp3) is 0.474. The van der Waals surface area contributed by atoms with Gasteiger partial charge in [0.1, 0.15) is 18.0 Å². The highest BCUT2D eigenvalue weighted by atomic mass is 19.1. The molecule has 2 heterocycles. The van der Waals surface area contributed by atoms with Crippen molar-refractivity contribution < 1.29 is 19.0 Å². The third-order valence-electron chi connectivity index (χ3n) is 4.39. The fourth-order valence-electron chi connectivity index (χ4n) is 3.09. The number of halogens is 1. The lowest BCUT2D eigenvalue weighted by Gasteiger charge is -2.28. The van der Waals surface area contributed by atoms with E-state index in [1.165, 1.54) is 0 Å². The third-order valence-corrected chi connectivity index (χ3v) is 4.39. The number of aliphatic hydroxyl groups is 1. The first-order chi connectivity index (χ1) is 12.7. The van der Waals surface area contributed by atoms with Gasteiger partial charge in [0.15, 0.2) is 0 Å². The molecule has 8 heteroatoms. The third kappa shape index (κ3) is 4.84. The quantitative estimate of drug-likeness (QED) is 0.709. The molecule has 3 rings (SSSR count). The number of benzene rings is 1. The minimum Gasteiger partial charge on any atom is -0.486 e. The lowest BCUT2D eigenvalue weighted by atomic mass is 10.0. The molecule has 1 aliphatic rings. The van der Waals surface area contributed by atoms with E-state index in [1.807, 2.05) is 0 Å². The predicted octanol–water partition coefficient (Wildman–Crippen LogP) is 1.50. The number of aromatic nitrogens is 2. The van der Waals surface area contributed by atoms with E-state index in [9.17, 15) is 14.3 Å². The molecule has 1 aromatic heterocycles. The summed E-state index contributed by atoms with van der Waals surface area (Å²) in [4.78, 5) is 11.9. The van der Waals surface area contributed by atoms with Crippen molar-refractivity contribution in [3.05, 3.63) is 36.2 Å². The van der Waals surface area contributed by atoms with Gasteiger partial charge in [0.25, 0.3) is 5.91 Å². The number of hydrogen-bond donors (Lipinski definition) is 3. The van der Waals surface area contributed by atoms with Crippen LogP contribution in [0.1, 0.15) is 30.6 Å². The van der Waals surface area contributed by atoms with E-state index in [1.54, 1.807) is 49.1 Å². The van der Waals surface area contributed by atoms with Crippen LogP contribution in [0.3, 0.4) is 0 Å². The van der Waals surface area contributed by atoms with Crippen LogP contribution in [-0.2, 0) is 6.54 Å². The molecule has 4 N–H and O–H groups in total. The van der Waals surface area contributed by atoms with Gasteiger partial charge in [-0.2, -0.15) is 5.10 Å². The van der Waals surface area contributed by atoms with Crippen LogP contribution in [0.5, 0.6) is 5.75 Å². The smallest absolute Gasteiger partial charge is 0.252 e. The van der Waals surface area contributed by atoms with Crippen LogP contribution < -0.4 is 15.8 Å². The summed E-state index contributed by atoms with van der Waals surface area (Å²) in [5.74, 6) is -0.357. The van der Waals surface area contributed by atoms with Gasteiger partial charge in [-0.25, -0.2) is 4.39 Å². The zero-order chi connectivity index (χ0) is 19.6. The van der Waals surface area contributed by atoms with Gasteiger partial charge in [-0.05, 0) is 44.5 Å². The Kier molecular flexibility index (Phi) is 5.48. The number of nitrogens with two attached hydrogens (primary N) is 1. The van der Waals surface area contributed by atoms with Crippen LogP contribution in [0, 0.1) is 0 Å². The van der Waals surface area contributed by atoms with Crippen molar-refractivity contribution in [2.24, 2.45) is 5.73 Å². The van der Waals surface area contributed by atoms with Crippen molar-refractivity contribution >= 4 is 5.91 Å². The Morgan fingerprint density at radius 3 is 2.93 bits per heavy atom. The topological polar surface area (TPSA) is 102 Å². The molecule has 0 radical (unpaired) electrons. The molecule has 1 aromatic carbocycles. The molecule has 0 bridgehead atoms. The first-order valence-electron chi connectivity index (χ1n) is 8.93. The number of alkyl halides is 1. The summed E-state index contributed by atoms with van der Waals surface area (Å²) in [7, 11) is 0. The molecule has 1 saturated heterocycles. The van der Waals surface area contributed by atoms with E-state index in [0.717, 1.165) is 11.1 Å². The van der Waals surface area contributed by atoms with Gasteiger partial charge in [0.05, 0.1) is 23.9 Å². The molecule has 1 fully saturated rings. The number of rotatable bonds is 6. The van der Waals surface area contributed by atoms with Crippen LogP contribution >= 0.6 is 0 Å². The van der Waals surface area contributed by atoms with E-state index < -0.39 is 23.8 Å². The van der Waals surface area contributed by atoms with E-state index in [0.29, 0.717) is 19.5 Å². The van der Waals surface area contributed by atoms with E-state index in [2.05, 4.69) is 10.4 Å². The lowest BCUT2D eigenvalue weighted by molar-refractivity contribution is 0.0577. The molecule has 2 atom stereocenters. The van der Waals surface area contributed by atoms with Gasteiger partial charge in [-0.3, -0.25) is 9.48 Å². The highest BCUT2D eigenvalue weighted by Gasteiger charge is 2.27. The Morgan fingerprint density at radius 1 is 1.48 bits per heavy atom. The van der Waals surface area contributed by atoms with E-state index in [4.69, 9.17) is 10.5 Å². The molecule has 27 heavy (non-hydrogen) atoms. The van der Waals surface area contributed by atoms with Gasteiger partial charge in [-0.15, -0.1) is 0 Å². The monoisotopic (exact) mass is 376 g/mol. The van der Waals surface area contributed by atoms with Crippen LogP contribution in [-0.4, -0.2) is 51.8 Å². The summed E-state index contributed by atoms with van der Waals surface area (Å²) in [6, 6.07) is 5.04. The second-order valence-corrected chi connectivity index (χ2v) is 7.48. The summed E-state index contributed by atoms with van der Waals surface area (Å²) >= 11 is 0. The van der Waals surface area contributed by atoms with E-state index in [-0.39, 0.29) is 17.9 Å². The standard InChI is InChI=1S/C19H25FN4O3/c1-19(2,26)11-24-10-13(8-23-24)12-3-4-16(14(7-12)18(21)25)27-17-5-6-22-9-15(17)20/h3-4,7-8,10,15,17,22,26H,5-6,9,11H2,1-2H3,(H2,21,25)/t15-,17+/m0/s1. The number of nitrogens with one attached hydrogen (secondary N) is 1. The Labute approximate surface area is 157 Å². The molecule has 2 aromatic rings. The number of ether oxygens (including phenoxy) is 1. The number of carbonyl (C=O) groups excluding carboxylic acids is 1. The molecular weight excluding hydrogens is 351 g/mol. The van der Waals surface area contributed by atoms with Crippen molar-refractivity contribution in [3.63, 3.8) is 0 Å². The average Bonchev–Trinajstić information content (AvgIpc) is 3.03. The Bertz CT molecular complexity index is 816. The van der Waals surface area contributed by atoms with Crippen LogP contribution in [0.25, 0.3) is 11.1 Å². The zero-order valence-corrected chi connectivity index (χ0v) is 15.5. The van der Waals surface area contributed by atoms with Crippen molar-refractivity contribution in [2.75, 3.05) is 13.1 Å². The maximum atomic E-state index is 14.0. The van der Waals surface area contributed by atoms with Gasteiger partial charge in [0, 0.05) is 18.3 Å². The Balaban J connectivity index is 1.84. The molecule has 7 nitrogen and oxygen atoms in total. The largest absolute Gasteiger partial charge is 0.486 e. The Morgan fingerprint density at radius 2 is 2.26 bits per heavy atom. The van der Waals surface area contributed by atoms with Gasteiger partial charge in [0.2, 0.25) is 0 Å². The number of hydrogen-bond acceptors (Lipinski definition) is 5. The summed E-state index contributed by atoms with van der Waals surface area (Å²) in [5, 5.41) is 17.1. The molecule has 0 unspecified atom stereocenters. The summed E-state index contributed by atoms with van der Waals surface area (Å²) in [5.41, 5.74) is 6.33. The van der Waals surface area contributed by atoms with E-state index >= 15 is 0 Å². The van der Waals surface area contributed by atoms with Crippen molar-refractivity contribution in [3.8, 4) is 16.9 Å². The number of primary amides is 1. The predicted molar refractivity (Wildman–Crippen MR) is 99.3 cm³/mol. The minimum absolute atomic E-state index is 0.202.